The first-order valence-electron chi connectivity index (χ1n) is 8.56. The highest BCUT2D eigenvalue weighted by Gasteiger charge is 2.34. The Balaban J connectivity index is 1.56. The lowest BCUT2D eigenvalue weighted by Gasteiger charge is -2.20. The van der Waals surface area contributed by atoms with Gasteiger partial charge in [-0.1, -0.05) is 12.1 Å². The van der Waals surface area contributed by atoms with E-state index >= 15 is 0 Å². The Morgan fingerprint density at radius 3 is 2.76 bits per heavy atom. The fourth-order valence-electron chi connectivity index (χ4n) is 2.99. The van der Waals surface area contributed by atoms with Crippen LogP contribution in [-0.4, -0.2) is 28.2 Å². The maximum atomic E-state index is 13.5. The van der Waals surface area contributed by atoms with E-state index in [1.165, 1.54) is 27.7 Å². The number of nitro groups is 1. The number of rotatable bonds is 6. The average Bonchev–Trinajstić information content (AvgIpc) is 3.46. The minimum Gasteiger partial charge on any atom is -0.477 e. The zero-order valence-electron chi connectivity index (χ0n) is 14.9. The van der Waals surface area contributed by atoms with Gasteiger partial charge in [-0.25, -0.2) is 9.40 Å². The molecule has 1 aliphatic rings. The molecule has 29 heavy (non-hydrogen) atoms. The zero-order valence-corrected chi connectivity index (χ0v) is 16.5. The largest absolute Gasteiger partial charge is 0.477 e. The molecule has 0 N–H and O–H groups in total. The number of halogens is 1. The van der Waals surface area contributed by atoms with Crippen molar-refractivity contribution in [3.8, 4) is 5.75 Å². The molecule has 7 nitrogen and oxygen atoms in total. The highest BCUT2D eigenvalue weighted by Crippen LogP contribution is 2.36. The highest BCUT2D eigenvalue weighted by atomic mass is 32.1. The molecule has 10 heteroatoms. The molecule has 1 amide bonds. The summed E-state index contributed by atoms with van der Waals surface area (Å²) in [6, 6.07) is 10.3. The van der Waals surface area contributed by atoms with Crippen molar-refractivity contribution in [1.29, 1.82) is 0 Å². The number of carbonyl (C=O) groups excluding carboxylic acids is 1. The van der Waals surface area contributed by atoms with Gasteiger partial charge in [0.15, 0.2) is 6.61 Å². The number of hydrazone groups is 1. The summed E-state index contributed by atoms with van der Waals surface area (Å²) in [7, 11) is 0. The van der Waals surface area contributed by atoms with Gasteiger partial charge >= 0.3 is 5.69 Å². The molecule has 1 aliphatic heterocycles. The van der Waals surface area contributed by atoms with Crippen LogP contribution in [0.5, 0.6) is 5.75 Å². The molecular weight excluding hydrogens is 417 g/mol. The monoisotopic (exact) mass is 431 g/mol. The van der Waals surface area contributed by atoms with Gasteiger partial charge in [-0.3, -0.25) is 14.9 Å². The van der Waals surface area contributed by atoms with Crippen LogP contribution in [0.15, 0.2) is 58.3 Å². The molecule has 0 bridgehead atoms. The minimum atomic E-state index is -0.686. The van der Waals surface area contributed by atoms with Gasteiger partial charge in [0, 0.05) is 23.4 Å². The van der Waals surface area contributed by atoms with Crippen molar-refractivity contribution in [2.45, 2.75) is 12.5 Å². The predicted octanol–water partition coefficient (Wildman–Crippen LogP) is 4.61. The smallest absolute Gasteiger partial charge is 0.311 e. The van der Waals surface area contributed by atoms with Crippen LogP contribution in [0.1, 0.15) is 22.2 Å². The van der Waals surface area contributed by atoms with E-state index in [1.54, 1.807) is 0 Å². The molecule has 0 fully saturated rings. The maximum absolute atomic E-state index is 13.5. The maximum Gasteiger partial charge on any atom is 0.311 e. The molecule has 0 aliphatic carbocycles. The van der Waals surface area contributed by atoms with Crippen LogP contribution in [0, 0.1) is 15.9 Å². The average molecular weight is 431 g/mol. The van der Waals surface area contributed by atoms with Crippen molar-refractivity contribution >= 4 is 40.0 Å². The van der Waals surface area contributed by atoms with E-state index < -0.39 is 28.9 Å². The third-order valence-corrected chi connectivity index (χ3v) is 6.21. The van der Waals surface area contributed by atoms with Gasteiger partial charge in [0.05, 0.1) is 21.6 Å². The topological polar surface area (TPSA) is 85.0 Å². The van der Waals surface area contributed by atoms with Crippen LogP contribution in [0.2, 0.25) is 0 Å². The molecular formula is C19H14FN3O4S2. The van der Waals surface area contributed by atoms with E-state index in [9.17, 15) is 19.3 Å². The number of thiophene rings is 2. The highest BCUT2D eigenvalue weighted by molar-refractivity contribution is 7.12. The molecule has 1 unspecified atom stereocenters. The minimum absolute atomic E-state index is 0.273. The van der Waals surface area contributed by atoms with Crippen molar-refractivity contribution in [2.75, 3.05) is 6.61 Å². The number of hydrogen-bond donors (Lipinski definition) is 0. The first-order valence-corrected chi connectivity index (χ1v) is 10.3. The van der Waals surface area contributed by atoms with E-state index in [0.717, 1.165) is 33.7 Å². The van der Waals surface area contributed by atoms with Gasteiger partial charge in [0.2, 0.25) is 5.75 Å². The van der Waals surface area contributed by atoms with Crippen LogP contribution in [-0.2, 0) is 4.79 Å². The molecule has 1 aromatic carbocycles. The Kier molecular flexibility index (Phi) is 5.36. The lowest BCUT2D eigenvalue weighted by atomic mass is 10.1. The third-order valence-electron chi connectivity index (χ3n) is 4.31. The molecule has 0 saturated heterocycles. The predicted molar refractivity (Wildman–Crippen MR) is 108 cm³/mol. The summed E-state index contributed by atoms with van der Waals surface area (Å²) in [5.41, 5.74) is 0.390. The van der Waals surface area contributed by atoms with Crippen molar-refractivity contribution in [2.24, 2.45) is 5.10 Å². The molecule has 0 spiro atoms. The molecule has 148 valence electrons. The van der Waals surface area contributed by atoms with E-state index in [-0.39, 0.29) is 11.8 Å². The summed E-state index contributed by atoms with van der Waals surface area (Å²) in [6.07, 6.45) is 0.562. The second-order valence-corrected chi connectivity index (χ2v) is 8.08. The first kappa shape index (κ1) is 19.2. The first-order chi connectivity index (χ1) is 14.0. The summed E-state index contributed by atoms with van der Waals surface area (Å²) in [6.45, 7) is -0.493. The SMILES string of the molecule is O=C(COc1cc(F)ccc1[N+](=O)[O-])N1N=C(c2cccs2)CC1c1cccs1. The van der Waals surface area contributed by atoms with Gasteiger partial charge < -0.3 is 4.74 Å². The Morgan fingerprint density at radius 2 is 2.07 bits per heavy atom. The van der Waals surface area contributed by atoms with Crippen LogP contribution in [0.25, 0.3) is 0 Å². The number of nitro benzene ring substituents is 1. The summed E-state index contributed by atoms with van der Waals surface area (Å²) in [5.74, 6) is -1.44. The molecule has 1 atom stereocenters. The standard InChI is InChI=1S/C19H14FN3O4S2/c20-12-5-6-14(23(25)26)16(9-12)27-11-19(24)22-15(18-4-2-8-29-18)10-13(21-22)17-3-1-7-28-17/h1-9,15H,10-11H2. The van der Waals surface area contributed by atoms with Crippen LogP contribution in [0.4, 0.5) is 10.1 Å². The lowest BCUT2D eigenvalue weighted by molar-refractivity contribution is -0.385. The number of ether oxygens (including phenoxy) is 1. The summed E-state index contributed by atoms with van der Waals surface area (Å²) < 4.78 is 18.8. The second kappa shape index (κ2) is 8.10. The van der Waals surface area contributed by atoms with Gasteiger partial charge in [-0.2, -0.15) is 5.10 Å². The quantitative estimate of drug-likeness (QED) is 0.421. The number of carbonyl (C=O) groups is 1. The summed E-state index contributed by atoms with van der Waals surface area (Å²) >= 11 is 3.06. The fourth-order valence-corrected chi connectivity index (χ4v) is 4.53. The van der Waals surface area contributed by atoms with Crippen molar-refractivity contribution in [3.63, 3.8) is 0 Å². The molecule has 2 aromatic heterocycles. The van der Waals surface area contributed by atoms with Gasteiger partial charge in [0.1, 0.15) is 5.82 Å². The fraction of sp³-hybridized carbons (Fsp3) is 0.158. The lowest BCUT2D eigenvalue weighted by Crippen LogP contribution is -2.31. The number of benzene rings is 1. The van der Waals surface area contributed by atoms with Crippen LogP contribution >= 0.6 is 22.7 Å². The van der Waals surface area contributed by atoms with Gasteiger partial charge in [-0.15, -0.1) is 22.7 Å². The molecule has 3 heterocycles. The van der Waals surface area contributed by atoms with Crippen LogP contribution < -0.4 is 4.74 Å². The van der Waals surface area contributed by atoms with Crippen molar-refractivity contribution in [3.05, 3.63) is 78.9 Å². The second-order valence-electron chi connectivity index (χ2n) is 6.16. The summed E-state index contributed by atoms with van der Waals surface area (Å²) in [4.78, 5) is 25.2. The Hall–Kier alpha value is -3.11. The van der Waals surface area contributed by atoms with E-state index in [2.05, 4.69) is 5.10 Å². The normalized spacial score (nSPS) is 16.0. The van der Waals surface area contributed by atoms with Gasteiger partial charge in [-0.05, 0) is 29.0 Å². The van der Waals surface area contributed by atoms with Crippen molar-refractivity contribution < 1.29 is 18.8 Å². The number of amides is 1. The van der Waals surface area contributed by atoms with Crippen LogP contribution in [0.3, 0.4) is 0 Å². The number of hydrogen-bond acceptors (Lipinski definition) is 7. The molecule has 4 rings (SSSR count). The van der Waals surface area contributed by atoms with E-state index in [4.69, 9.17) is 4.74 Å². The van der Waals surface area contributed by atoms with Gasteiger partial charge in [0.25, 0.3) is 5.91 Å². The van der Waals surface area contributed by atoms with E-state index in [0.29, 0.717) is 6.42 Å². The Bertz CT molecular complexity index is 1070. The molecule has 0 saturated carbocycles. The molecule has 0 radical (unpaired) electrons. The zero-order chi connectivity index (χ0) is 20.4. The Labute approximate surface area is 172 Å². The Morgan fingerprint density at radius 1 is 1.28 bits per heavy atom. The summed E-state index contributed by atoms with van der Waals surface area (Å²) in [5, 5.41) is 20.8. The molecule has 3 aromatic rings. The van der Waals surface area contributed by atoms with E-state index in [1.807, 2.05) is 35.0 Å². The van der Waals surface area contributed by atoms with Crippen molar-refractivity contribution in [1.82, 2.24) is 5.01 Å². The number of nitrogens with zero attached hydrogens (tertiary/aromatic N) is 3. The third kappa shape index (κ3) is 4.03.